The maximum atomic E-state index is 5.90. The van der Waals surface area contributed by atoms with E-state index in [0.29, 0.717) is 0 Å². The maximum Gasteiger partial charge on any atom is 0.347 e. The van der Waals surface area contributed by atoms with E-state index in [2.05, 4.69) is 20.8 Å². The van der Waals surface area contributed by atoms with Crippen molar-refractivity contribution in [2.45, 2.75) is 46.8 Å². The van der Waals surface area contributed by atoms with Crippen LogP contribution in [0.1, 0.15) is 34.6 Å². The van der Waals surface area contributed by atoms with Gasteiger partial charge in [-0.1, -0.05) is 20.8 Å². The fourth-order valence-corrected chi connectivity index (χ4v) is 3.93. The summed E-state index contributed by atoms with van der Waals surface area (Å²) in [6.07, 6.45) is 0.133. The Morgan fingerprint density at radius 3 is 1.92 bits per heavy atom. The van der Waals surface area contributed by atoms with Gasteiger partial charge in [0.25, 0.3) is 0 Å². The molecule has 0 aliphatic heterocycles. The van der Waals surface area contributed by atoms with Crippen molar-refractivity contribution in [1.82, 2.24) is 0 Å². The van der Waals surface area contributed by atoms with Crippen molar-refractivity contribution in [2.24, 2.45) is 16.2 Å². The number of hydrogen-bond acceptors (Lipinski definition) is 3. The van der Waals surface area contributed by atoms with E-state index in [4.69, 9.17) is 15.2 Å². The summed E-state index contributed by atoms with van der Waals surface area (Å²) >= 11 is 0. The Balaban J connectivity index is 4.04. The average Bonchev–Trinajstić information content (AvgIpc) is 1.48. The van der Waals surface area contributed by atoms with Crippen molar-refractivity contribution in [3.05, 3.63) is 0 Å². The first-order chi connectivity index (χ1) is 5.12. The van der Waals surface area contributed by atoms with Gasteiger partial charge in [-0.3, -0.25) is 0 Å². The standard InChI is InChI=1S/C8H22N2OSi/c1-7(2)11-12(9,10)6-8(3,4)5/h7H,6,9-10H2,1-5H3. The van der Waals surface area contributed by atoms with Crippen LogP contribution in [0.15, 0.2) is 0 Å². The molecule has 0 atom stereocenters. The summed E-state index contributed by atoms with van der Waals surface area (Å²) in [5.74, 6) is 0. The zero-order chi connectivity index (χ0) is 9.99. The molecule has 0 rings (SSSR count). The molecule has 3 nitrogen and oxygen atoms in total. The molecule has 0 aromatic carbocycles. The highest BCUT2D eigenvalue weighted by atomic mass is 28.4. The Hall–Kier alpha value is 0.0969. The first-order valence-electron chi connectivity index (χ1n) is 4.38. The fraction of sp³-hybridized carbons (Fsp3) is 1.00. The second-order valence-electron chi connectivity index (χ2n) is 4.86. The van der Waals surface area contributed by atoms with Gasteiger partial charge in [-0.25, -0.2) is 0 Å². The van der Waals surface area contributed by atoms with Crippen LogP contribution in [0.3, 0.4) is 0 Å². The first kappa shape index (κ1) is 12.1. The normalized spacial score (nSPS) is 14.0. The Bertz CT molecular complexity index is 140. The van der Waals surface area contributed by atoms with Gasteiger partial charge in [0, 0.05) is 6.10 Å². The number of hydrogen-bond donors (Lipinski definition) is 2. The van der Waals surface area contributed by atoms with Crippen molar-refractivity contribution >= 4 is 8.64 Å². The van der Waals surface area contributed by atoms with Gasteiger partial charge in [0.1, 0.15) is 0 Å². The van der Waals surface area contributed by atoms with Gasteiger partial charge >= 0.3 is 8.64 Å². The van der Waals surface area contributed by atoms with Crippen LogP contribution < -0.4 is 10.8 Å². The molecule has 74 valence electrons. The molecule has 0 fully saturated rings. The highest BCUT2D eigenvalue weighted by molar-refractivity contribution is 6.67. The monoisotopic (exact) mass is 190 g/mol. The van der Waals surface area contributed by atoms with E-state index < -0.39 is 8.64 Å². The lowest BCUT2D eigenvalue weighted by atomic mass is 10.0. The lowest BCUT2D eigenvalue weighted by Crippen LogP contribution is -2.61. The topological polar surface area (TPSA) is 61.3 Å². The zero-order valence-electron chi connectivity index (χ0n) is 8.85. The quantitative estimate of drug-likeness (QED) is 0.660. The second-order valence-corrected chi connectivity index (χ2v) is 7.36. The summed E-state index contributed by atoms with van der Waals surface area (Å²) in [5, 5.41) is 11.8. The van der Waals surface area contributed by atoms with Gasteiger partial charge < -0.3 is 15.2 Å². The van der Waals surface area contributed by atoms with Crippen LogP contribution in [-0.2, 0) is 4.43 Å². The van der Waals surface area contributed by atoms with Crippen LogP contribution in [-0.4, -0.2) is 14.7 Å². The predicted molar refractivity (Wildman–Crippen MR) is 54.6 cm³/mol. The van der Waals surface area contributed by atoms with Crippen molar-refractivity contribution in [3.63, 3.8) is 0 Å². The van der Waals surface area contributed by atoms with E-state index in [1.54, 1.807) is 0 Å². The minimum atomic E-state index is -2.40. The molecule has 0 saturated heterocycles. The van der Waals surface area contributed by atoms with E-state index in [9.17, 15) is 0 Å². The molecule has 0 aliphatic rings. The molecule has 4 heteroatoms. The van der Waals surface area contributed by atoms with Crippen molar-refractivity contribution in [1.29, 1.82) is 0 Å². The molecule has 0 spiro atoms. The highest BCUT2D eigenvalue weighted by Crippen LogP contribution is 2.23. The van der Waals surface area contributed by atoms with Gasteiger partial charge in [-0.2, -0.15) is 0 Å². The van der Waals surface area contributed by atoms with Gasteiger partial charge in [-0.15, -0.1) is 0 Å². The molecule has 0 bridgehead atoms. The van der Waals surface area contributed by atoms with Crippen LogP contribution >= 0.6 is 0 Å². The van der Waals surface area contributed by atoms with Crippen LogP contribution in [0, 0.1) is 5.41 Å². The van der Waals surface area contributed by atoms with E-state index in [1.807, 2.05) is 13.8 Å². The smallest absolute Gasteiger partial charge is 0.347 e. The van der Waals surface area contributed by atoms with Crippen LogP contribution in [0.25, 0.3) is 0 Å². The van der Waals surface area contributed by atoms with Gasteiger partial charge in [0.2, 0.25) is 0 Å². The van der Waals surface area contributed by atoms with Crippen molar-refractivity contribution < 1.29 is 4.43 Å². The number of rotatable bonds is 3. The minimum Gasteiger partial charge on any atom is -0.389 e. The minimum absolute atomic E-state index is 0.133. The highest BCUT2D eigenvalue weighted by Gasteiger charge is 2.32. The maximum absolute atomic E-state index is 5.90. The second kappa shape index (κ2) is 3.87. The lowest BCUT2D eigenvalue weighted by molar-refractivity contribution is 0.217. The molecule has 4 N–H and O–H groups in total. The Morgan fingerprint density at radius 1 is 1.25 bits per heavy atom. The van der Waals surface area contributed by atoms with E-state index in [0.717, 1.165) is 6.04 Å². The van der Waals surface area contributed by atoms with Gasteiger partial charge in [0.05, 0.1) is 0 Å². The molecule has 0 unspecified atom stereocenters. The molecule has 0 heterocycles. The lowest BCUT2D eigenvalue weighted by Gasteiger charge is -2.30. The van der Waals surface area contributed by atoms with Crippen molar-refractivity contribution in [3.8, 4) is 0 Å². The molecule has 0 aromatic heterocycles. The zero-order valence-corrected chi connectivity index (χ0v) is 9.85. The summed E-state index contributed by atoms with van der Waals surface area (Å²) < 4.78 is 5.51. The average molecular weight is 190 g/mol. The molecular formula is C8H22N2OSi. The third-order valence-electron chi connectivity index (χ3n) is 1.26. The third kappa shape index (κ3) is 6.79. The largest absolute Gasteiger partial charge is 0.389 e. The van der Waals surface area contributed by atoms with Gasteiger partial charge in [0.15, 0.2) is 0 Å². The Kier molecular flexibility index (Phi) is 3.90. The molecule has 0 amide bonds. The molecule has 0 aromatic rings. The van der Waals surface area contributed by atoms with E-state index >= 15 is 0 Å². The van der Waals surface area contributed by atoms with E-state index in [-0.39, 0.29) is 11.5 Å². The Labute approximate surface area is 76.8 Å². The SMILES string of the molecule is CC(C)O[Si](N)(N)CC(C)(C)C. The van der Waals surface area contributed by atoms with Crippen LogP contribution in [0.2, 0.25) is 6.04 Å². The van der Waals surface area contributed by atoms with Crippen LogP contribution in [0.5, 0.6) is 0 Å². The molecule has 0 saturated carbocycles. The van der Waals surface area contributed by atoms with Gasteiger partial charge in [-0.05, 0) is 25.3 Å². The number of nitrogens with two attached hydrogens (primary N) is 2. The summed E-state index contributed by atoms with van der Waals surface area (Å²) in [6.45, 7) is 10.3. The summed E-state index contributed by atoms with van der Waals surface area (Å²) in [6, 6.07) is 0.790. The Morgan fingerprint density at radius 2 is 1.67 bits per heavy atom. The molecule has 12 heavy (non-hydrogen) atoms. The fourth-order valence-electron chi connectivity index (χ4n) is 1.31. The molecule has 0 radical (unpaired) electrons. The first-order valence-corrected chi connectivity index (χ1v) is 6.65. The molecule has 0 aliphatic carbocycles. The van der Waals surface area contributed by atoms with E-state index in [1.165, 1.54) is 0 Å². The third-order valence-corrected chi connectivity index (χ3v) is 3.79. The van der Waals surface area contributed by atoms with Crippen LogP contribution in [0.4, 0.5) is 0 Å². The predicted octanol–water partition coefficient (Wildman–Crippen LogP) is 1.31. The molecular weight excluding hydrogens is 168 g/mol. The summed E-state index contributed by atoms with van der Waals surface area (Å²) in [4.78, 5) is 0. The summed E-state index contributed by atoms with van der Waals surface area (Å²) in [5.41, 5.74) is 0.157. The summed E-state index contributed by atoms with van der Waals surface area (Å²) in [7, 11) is -2.40. The van der Waals surface area contributed by atoms with Crippen molar-refractivity contribution in [2.75, 3.05) is 0 Å².